The molecule has 1 atom stereocenters. The number of benzene rings is 1. The van der Waals surface area contributed by atoms with Crippen LogP contribution in [-0.4, -0.2) is 46.4 Å². The SMILES string of the molecule is CCNC(=NCc1ccc(N(C)C)cc1C)NC(C)COC.I. The Bertz CT molecular complexity index is 491. The zero-order valence-electron chi connectivity index (χ0n) is 15.1. The largest absolute Gasteiger partial charge is 0.383 e. The van der Waals surface area contributed by atoms with Gasteiger partial charge in [-0.15, -0.1) is 24.0 Å². The summed E-state index contributed by atoms with van der Waals surface area (Å²) in [6.45, 7) is 8.42. The summed E-state index contributed by atoms with van der Waals surface area (Å²) in [6.07, 6.45) is 0. The monoisotopic (exact) mass is 434 g/mol. The minimum atomic E-state index is 0. The van der Waals surface area contributed by atoms with Crippen molar-refractivity contribution in [2.45, 2.75) is 33.4 Å². The predicted octanol–water partition coefficient (Wildman–Crippen LogP) is 2.77. The first kappa shape index (κ1) is 22.0. The van der Waals surface area contributed by atoms with Crippen LogP contribution in [0.3, 0.4) is 0 Å². The van der Waals surface area contributed by atoms with E-state index in [1.54, 1.807) is 7.11 Å². The zero-order valence-corrected chi connectivity index (χ0v) is 17.5. The molecule has 132 valence electrons. The Hall–Kier alpha value is -1.02. The molecule has 5 nitrogen and oxygen atoms in total. The molecule has 1 aromatic rings. The quantitative estimate of drug-likeness (QED) is 0.394. The van der Waals surface area contributed by atoms with Crippen molar-refractivity contribution in [3.8, 4) is 0 Å². The second kappa shape index (κ2) is 11.5. The summed E-state index contributed by atoms with van der Waals surface area (Å²) in [7, 11) is 5.81. The number of nitrogens with one attached hydrogen (secondary N) is 2. The maximum Gasteiger partial charge on any atom is 0.191 e. The number of aliphatic imine (C=N–C) groups is 1. The maximum atomic E-state index is 5.15. The lowest BCUT2D eigenvalue weighted by Gasteiger charge is -2.17. The van der Waals surface area contributed by atoms with E-state index in [4.69, 9.17) is 4.74 Å². The fourth-order valence-corrected chi connectivity index (χ4v) is 2.14. The molecule has 0 saturated heterocycles. The van der Waals surface area contributed by atoms with E-state index in [0.29, 0.717) is 13.2 Å². The third-order valence-electron chi connectivity index (χ3n) is 3.39. The minimum Gasteiger partial charge on any atom is -0.383 e. The smallest absolute Gasteiger partial charge is 0.191 e. The van der Waals surface area contributed by atoms with Gasteiger partial charge in [0, 0.05) is 39.5 Å². The normalized spacial score (nSPS) is 12.3. The first-order valence-corrected chi connectivity index (χ1v) is 7.78. The van der Waals surface area contributed by atoms with Crippen LogP contribution in [0, 0.1) is 6.92 Å². The fourth-order valence-electron chi connectivity index (χ4n) is 2.14. The van der Waals surface area contributed by atoms with Crippen molar-refractivity contribution >= 4 is 35.6 Å². The number of ether oxygens (including phenoxy) is 1. The Balaban J connectivity index is 0.00000484. The summed E-state index contributed by atoms with van der Waals surface area (Å²) in [5, 5.41) is 6.61. The number of halogens is 1. The molecule has 0 radical (unpaired) electrons. The van der Waals surface area contributed by atoms with Gasteiger partial charge >= 0.3 is 0 Å². The summed E-state index contributed by atoms with van der Waals surface area (Å²) in [4.78, 5) is 6.78. The highest BCUT2D eigenvalue weighted by molar-refractivity contribution is 14.0. The van der Waals surface area contributed by atoms with Crippen LogP contribution in [0.4, 0.5) is 5.69 Å². The van der Waals surface area contributed by atoms with Crippen LogP contribution >= 0.6 is 24.0 Å². The van der Waals surface area contributed by atoms with Crippen LogP contribution in [0.2, 0.25) is 0 Å². The van der Waals surface area contributed by atoms with Gasteiger partial charge in [-0.2, -0.15) is 0 Å². The van der Waals surface area contributed by atoms with E-state index in [1.165, 1.54) is 16.8 Å². The average molecular weight is 434 g/mol. The van der Waals surface area contributed by atoms with Gasteiger partial charge in [-0.25, -0.2) is 4.99 Å². The lowest BCUT2D eigenvalue weighted by Crippen LogP contribution is -2.43. The molecule has 0 aliphatic carbocycles. The molecular weight excluding hydrogens is 403 g/mol. The highest BCUT2D eigenvalue weighted by Gasteiger charge is 2.05. The summed E-state index contributed by atoms with van der Waals surface area (Å²) >= 11 is 0. The van der Waals surface area contributed by atoms with Gasteiger partial charge in [-0.05, 0) is 44.0 Å². The molecule has 0 spiro atoms. The minimum absolute atomic E-state index is 0. The van der Waals surface area contributed by atoms with Gasteiger partial charge in [0.1, 0.15) is 0 Å². The fraction of sp³-hybridized carbons (Fsp3) is 0.588. The summed E-state index contributed by atoms with van der Waals surface area (Å²) in [5.74, 6) is 0.822. The summed E-state index contributed by atoms with van der Waals surface area (Å²) < 4.78 is 5.15. The van der Waals surface area contributed by atoms with E-state index < -0.39 is 0 Å². The number of anilines is 1. The highest BCUT2D eigenvalue weighted by Crippen LogP contribution is 2.17. The van der Waals surface area contributed by atoms with Crippen LogP contribution in [0.5, 0.6) is 0 Å². The van der Waals surface area contributed by atoms with Gasteiger partial charge in [0.05, 0.1) is 13.2 Å². The molecule has 0 fully saturated rings. The molecule has 23 heavy (non-hydrogen) atoms. The van der Waals surface area contributed by atoms with Crippen molar-refractivity contribution in [1.29, 1.82) is 0 Å². The molecule has 0 heterocycles. The van der Waals surface area contributed by atoms with E-state index in [0.717, 1.165) is 12.5 Å². The van der Waals surface area contributed by atoms with Crippen molar-refractivity contribution in [3.05, 3.63) is 29.3 Å². The molecule has 1 rings (SSSR count). The molecular formula is C17H31IN4O. The highest BCUT2D eigenvalue weighted by atomic mass is 127. The Labute approximate surface area is 157 Å². The summed E-state index contributed by atoms with van der Waals surface area (Å²) in [5.41, 5.74) is 3.71. The molecule has 0 aliphatic heterocycles. The van der Waals surface area contributed by atoms with E-state index >= 15 is 0 Å². The molecule has 1 aromatic carbocycles. The van der Waals surface area contributed by atoms with Crippen molar-refractivity contribution < 1.29 is 4.74 Å². The van der Waals surface area contributed by atoms with Crippen LogP contribution in [-0.2, 0) is 11.3 Å². The zero-order chi connectivity index (χ0) is 16.5. The number of rotatable bonds is 7. The van der Waals surface area contributed by atoms with E-state index in [1.807, 2.05) is 0 Å². The van der Waals surface area contributed by atoms with E-state index in [-0.39, 0.29) is 30.0 Å². The first-order chi connectivity index (χ1) is 10.5. The Kier molecular flexibility index (Phi) is 11.0. The Morgan fingerprint density at radius 2 is 2.04 bits per heavy atom. The van der Waals surface area contributed by atoms with Gasteiger partial charge < -0.3 is 20.3 Å². The predicted molar refractivity (Wildman–Crippen MR) is 110 cm³/mol. The van der Waals surface area contributed by atoms with Crippen molar-refractivity contribution in [2.75, 3.05) is 39.3 Å². The molecule has 2 N–H and O–H groups in total. The van der Waals surface area contributed by atoms with Gasteiger partial charge in [-0.3, -0.25) is 0 Å². The number of nitrogens with zero attached hydrogens (tertiary/aromatic N) is 2. The van der Waals surface area contributed by atoms with Crippen molar-refractivity contribution in [2.24, 2.45) is 4.99 Å². The number of hydrogen-bond acceptors (Lipinski definition) is 3. The van der Waals surface area contributed by atoms with E-state index in [9.17, 15) is 0 Å². The van der Waals surface area contributed by atoms with Crippen LogP contribution < -0.4 is 15.5 Å². The van der Waals surface area contributed by atoms with E-state index in [2.05, 4.69) is 73.6 Å². The molecule has 1 unspecified atom stereocenters. The van der Waals surface area contributed by atoms with Gasteiger partial charge in [-0.1, -0.05) is 6.07 Å². The topological polar surface area (TPSA) is 48.9 Å². The standard InChI is InChI=1S/C17H30N4O.HI/c1-7-18-17(20-14(3)12-22-6)19-11-15-8-9-16(21(4)5)10-13(15)2;/h8-10,14H,7,11-12H2,1-6H3,(H2,18,19,20);1H. The molecule has 0 aromatic heterocycles. The summed E-state index contributed by atoms with van der Waals surface area (Å²) in [6, 6.07) is 6.70. The Morgan fingerprint density at radius 1 is 1.35 bits per heavy atom. The van der Waals surface area contributed by atoms with Crippen LogP contribution in [0.25, 0.3) is 0 Å². The van der Waals surface area contributed by atoms with Gasteiger partial charge in [0.25, 0.3) is 0 Å². The molecule has 0 amide bonds. The van der Waals surface area contributed by atoms with Gasteiger partial charge in [0.2, 0.25) is 0 Å². The van der Waals surface area contributed by atoms with Crippen molar-refractivity contribution in [3.63, 3.8) is 0 Å². The van der Waals surface area contributed by atoms with Crippen molar-refractivity contribution in [1.82, 2.24) is 10.6 Å². The lowest BCUT2D eigenvalue weighted by molar-refractivity contribution is 0.179. The average Bonchev–Trinajstić information content (AvgIpc) is 2.46. The second-order valence-electron chi connectivity index (χ2n) is 5.70. The first-order valence-electron chi connectivity index (χ1n) is 7.78. The van der Waals surface area contributed by atoms with Crippen LogP contribution in [0.15, 0.2) is 23.2 Å². The molecule has 0 aliphatic rings. The van der Waals surface area contributed by atoms with Gasteiger partial charge in [0.15, 0.2) is 5.96 Å². The maximum absolute atomic E-state index is 5.15. The molecule has 6 heteroatoms. The molecule has 0 saturated carbocycles. The van der Waals surface area contributed by atoms with Crippen LogP contribution in [0.1, 0.15) is 25.0 Å². The second-order valence-corrected chi connectivity index (χ2v) is 5.70. The lowest BCUT2D eigenvalue weighted by atomic mass is 10.1. The number of aryl methyl sites for hydroxylation is 1. The third kappa shape index (κ3) is 7.87. The number of guanidine groups is 1. The number of hydrogen-bond donors (Lipinski definition) is 2. The Morgan fingerprint density at radius 3 is 2.57 bits per heavy atom. The number of methoxy groups -OCH3 is 1. The molecule has 0 bridgehead atoms. The third-order valence-corrected chi connectivity index (χ3v) is 3.39.